The van der Waals surface area contributed by atoms with Crippen LogP contribution in [0.2, 0.25) is 5.02 Å². The summed E-state index contributed by atoms with van der Waals surface area (Å²) in [6.45, 7) is 2.36. The number of benzene rings is 2. The normalized spacial score (nSPS) is 11.8. The predicted molar refractivity (Wildman–Crippen MR) is 103 cm³/mol. The lowest BCUT2D eigenvalue weighted by Crippen LogP contribution is -2.22. The Hall–Kier alpha value is -2.43. The first-order valence-corrected chi connectivity index (χ1v) is 8.73. The molecular formula is C18H14BrClFN3O2. The van der Waals surface area contributed by atoms with Gasteiger partial charge in [0.2, 0.25) is 5.91 Å². The molecular weight excluding hydrogens is 425 g/mol. The molecule has 0 spiro atoms. The molecule has 0 saturated heterocycles. The van der Waals surface area contributed by atoms with Gasteiger partial charge in [-0.25, -0.2) is 4.39 Å². The molecule has 2 aromatic carbocycles. The van der Waals surface area contributed by atoms with Crippen molar-refractivity contribution in [3.8, 4) is 11.8 Å². The smallest absolute Gasteiger partial charge is 0.247 e. The first kappa shape index (κ1) is 19.9. The molecule has 1 amide bonds. The van der Waals surface area contributed by atoms with Gasteiger partial charge in [-0.1, -0.05) is 11.6 Å². The van der Waals surface area contributed by atoms with Crippen LogP contribution in [-0.4, -0.2) is 18.7 Å². The van der Waals surface area contributed by atoms with Crippen molar-refractivity contribution in [3.63, 3.8) is 0 Å². The number of anilines is 1. The summed E-state index contributed by atoms with van der Waals surface area (Å²) in [4.78, 5) is 16.4. The molecule has 1 unspecified atom stereocenters. The quantitative estimate of drug-likeness (QED) is 0.636. The Bertz CT molecular complexity index is 883. The number of hydrogen-bond acceptors (Lipinski definition) is 4. The van der Waals surface area contributed by atoms with Gasteiger partial charge < -0.3 is 10.1 Å². The zero-order valence-electron chi connectivity index (χ0n) is 13.7. The highest BCUT2D eigenvalue weighted by Crippen LogP contribution is 2.29. The summed E-state index contributed by atoms with van der Waals surface area (Å²) in [7, 11) is 0. The van der Waals surface area contributed by atoms with Crippen LogP contribution in [-0.2, 0) is 4.79 Å². The topological polar surface area (TPSA) is 74.5 Å². The largest absolute Gasteiger partial charge is 0.493 e. The van der Waals surface area contributed by atoms with E-state index in [9.17, 15) is 14.4 Å². The molecule has 0 aliphatic carbocycles. The van der Waals surface area contributed by atoms with Crippen molar-refractivity contribution < 1.29 is 13.9 Å². The number of carbonyl (C=O) groups is 1. The van der Waals surface area contributed by atoms with E-state index in [1.165, 1.54) is 18.3 Å². The van der Waals surface area contributed by atoms with Gasteiger partial charge >= 0.3 is 0 Å². The number of halogens is 3. The Morgan fingerprint density at radius 3 is 2.88 bits per heavy atom. The third-order valence-corrected chi connectivity index (χ3v) is 4.14. The number of aliphatic imine (C=N–C) groups is 1. The third-order valence-electron chi connectivity index (χ3n) is 3.20. The van der Waals surface area contributed by atoms with Gasteiger partial charge in [-0.05, 0) is 53.2 Å². The van der Waals surface area contributed by atoms with E-state index >= 15 is 0 Å². The molecule has 0 aliphatic rings. The number of amides is 1. The van der Waals surface area contributed by atoms with Crippen LogP contribution in [0.5, 0.6) is 5.75 Å². The summed E-state index contributed by atoms with van der Waals surface area (Å²) in [6, 6.07) is 10.8. The van der Waals surface area contributed by atoms with Gasteiger partial charge in [0.15, 0.2) is 5.92 Å². The van der Waals surface area contributed by atoms with Gasteiger partial charge in [0.25, 0.3) is 0 Å². The zero-order valence-corrected chi connectivity index (χ0v) is 16.0. The standard InChI is InChI=1S/C18H14BrClFN3O2/c1-2-26-17-8-12(3-5-14(17)19)23-10-11(9-22)18(25)24-13-4-6-16(21)15(20)7-13/h3-8,10-11H,2H2,1H3,(H,24,25). The monoisotopic (exact) mass is 437 g/mol. The highest BCUT2D eigenvalue weighted by molar-refractivity contribution is 9.10. The summed E-state index contributed by atoms with van der Waals surface area (Å²) in [5.41, 5.74) is 0.826. The van der Waals surface area contributed by atoms with Crippen LogP contribution in [0.3, 0.4) is 0 Å². The number of nitrogens with one attached hydrogen (secondary N) is 1. The lowest BCUT2D eigenvalue weighted by molar-refractivity contribution is -0.116. The van der Waals surface area contributed by atoms with Crippen molar-refractivity contribution in [2.24, 2.45) is 10.9 Å². The van der Waals surface area contributed by atoms with Crippen LogP contribution in [0.4, 0.5) is 15.8 Å². The van der Waals surface area contributed by atoms with Crippen LogP contribution in [0.25, 0.3) is 0 Å². The maximum Gasteiger partial charge on any atom is 0.247 e. The first-order valence-electron chi connectivity index (χ1n) is 7.56. The molecule has 26 heavy (non-hydrogen) atoms. The van der Waals surface area contributed by atoms with Crippen molar-refractivity contribution in [3.05, 3.63) is 51.7 Å². The summed E-state index contributed by atoms with van der Waals surface area (Å²) in [5.74, 6) is -1.71. The number of ether oxygens (including phenoxy) is 1. The molecule has 1 N–H and O–H groups in total. The Balaban J connectivity index is 2.11. The van der Waals surface area contributed by atoms with E-state index in [0.717, 1.165) is 10.5 Å². The van der Waals surface area contributed by atoms with E-state index in [0.29, 0.717) is 18.0 Å². The fourth-order valence-corrected chi connectivity index (χ4v) is 2.49. The van der Waals surface area contributed by atoms with E-state index in [-0.39, 0.29) is 10.7 Å². The van der Waals surface area contributed by atoms with Crippen molar-refractivity contribution in [2.75, 3.05) is 11.9 Å². The summed E-state index contributed by atoms with van der Waals surface area (Å²) in [6.07, 6.45) is 1.24. The molecule has 0 heterocycles. The van der Waals surface area contributed by atoms with Crippen LogP contribution >= 0.6 is 27.5 Å². The molecule has 0 fully saturated rings. The molecule has 0 saturated carbocycles. The van der Waals surface area contributed by atoms with Crippen molar-refractivity contribution in [2.45, 2.75) is 6.92 Å². The third kappa shape index (κ3) is 5.28. The molecule has 8 heteroatoms. The number of carbonyl (C=O) groups excluding carboxylic acids is 1. The van der Waals surface area contributed by atoms with Crippen molar-refractivity contribution in [1.82, 2.24) is 0 Å². The number of hydrogen-bond donors (Lipinski definition) is 1. The Morgan fingerprint density at radius 1 is 1.46 bits per heavy atom. The van der Waals surface area contributed by atoms with Gasteiger partial charge in [-0.2, -0.15) is 5.26 Å². The molecule has 0 aliphatic heterocycles. The Labute approximate surface area is 163 Å². The zero-order chi connectivity index (χ0) is 19.1. The fourth-order valence-electron chi connectivity index (χ4n) is 1.95. The minimum absolute atomic E-state index is 0.122. The summed E-state index contributed by atoms with van der Waals surface area (Å²) >= 11 is 9.04. The molecule has 134 valence electrons. The second-order valence-corrected chi connectivity index (χ2v) is 6.31. The number of nitrogens with zero attached hydrogens (tertiary/aromatic N) is 2. The SMILES string of the molecule is CCOc1cc(N=CC(C#N)C(=O)Nc2ccc(F)c(Cl)c2)ccc1Br. The summed E-state index contributed by atoms with van der Waals surface area (Å²) < 4.78 is 19.4. The van der Waals surface area contributed by atoms with Crippen molar-refractivity contribution >= 4 is 51.0 Å². The van der Waals surface area contributed by atoms with Gasteiger partial charge in [0, 0.05) is 18.0 Å². The molecule has 0 radical (unpaired) electrons. The highest BCUT2D eigenvalue weighted by Gasteiger charge is 2.16. The second kappa shape index (κ2) is 9.32. The second-order valence-electron chi connectivity index (χ2n) is 5.05. The molecule has 2 rings (SSSR count). The molecule has 2 aromatic rings. The first-order chi connectivity index (χ1) is 12.4. The highest BCUT2D eigenvalue weighted by atomic mass is 79.9. The summed E-state index contributed by atoms with van der Waals surface area (Å²) in [5, 5.41) is 11.6. The van der Waals surface area contributed by atoms with Gasteiger partial charge in [0.1, 0.15) is 11.6 Å². The molecule has 5 nitrogen and oxygen atoms in total. The van der Waals surface area contributed by atoms with Crippen LogP contribution in [0.15, 0.2) is 45.9 Å². The lowest BCUT2D eigenvalue weighted by Gasteiger charge is -2.08. The van der Waals surface area contributed by atoms with E-state index < -0.39 is 17.6 Å². The molecule has 0 aromatic heterocycles. The minimum atomic E-state index is -1.13. The molecule has 1 atom stereocenters. The number of rotatable bonds is 6. The van der Waals surface area contributed by atoms with Crippen LogP contribution < -0.4 is 10.1 Å². The maximum atomic E-state index is 13.2. The Kier molecular flexibility index (Phi) is 7.13. The average Bonchev–Trinajstić information content (AvgIpc) is 2.61. The van der Waals surface area contributed by atoms with E-state index in [2.05, 4.69) is 26.2 Å². The average molecular weight is 439 g/mol. The minimum Gasteiger partial charge on any atom is -0.493 e. The van der Waals surface area contributed by atoms with E-state index in [4.69, 9.17) is 16.3 Å². The van der Waals surface area contributed by atoms with E-state index in [1.807, 2.05) is 13.0 Å². The van der Waals surface area contributed by atoms with Gasteiger partial charge in [-0.15, -0.1) is 0 Å². The van der Waals surface area contributed by atoms with Gasteiger partial charge in [0.05, 0.1) is 27.9 Å². The maximum absolute atomic E-state index is 13.2. The number of nitriles is 1. The fraction of sp³-hybridized carbons (Fsp3) is 0.167. The molecule has 0 bridgehead atoms. The van der Waals surface area contributed by atoms with Crippen molar-refractivity contribution in [1.29, 1.82) is 5.26 Å². The Morgan fingerprint density at radius 2 is 2.23 bits per heavy atom. The van der Waals surface area contributed by atoms with E-state index in [1.54, 1.807) is 18.2 Å². The van der Waals surface area contributed by atoms with Gasteiger partial charge in [-0.3, -0.25) is 9.79 Å². The van der Waals surface area contributed by atoms with Crippen LogP contribution in [0.1, 0.15) is 6.92 Å². The van der Waals surface area contributed by atoms with Crippen LogP contribution in [0, 0.1) is 23.1 Å². The predicted octanol–water partition coefficient (Wildman–Crippen LogP) is 5.12. The lowest BCUT2D eigenvalue weighted by atomic mass is 10.1.